The normalized spacial score (nSPS) is 11.7. The SMILES string of the molecule is CCCCCCCCCOC(=O)C(CC(=O)O)S(=O)(=O)O.[H-].[H-].[K+].[K+]. The number of aliphatic carboxylic acids is 1. The third-order valence-electron chi connectivity index (χ3n) is 2.97. The number of ether oxygens (including phenoxy) is 1. The molecule has 0 aliphatic rings. The summed E-state index contributed by atoms with van der Waals surface area (Å²) in [7, 11) is -4.77. The van der Waals surface area contributed by atoms with Gasteiger partial charge in [-0.1, -0.05) is 45.4 Å². The van der Waals surface area contributed by atoms with E-state index in [2.05, 4.69) is 6.92 Å². The van der Waals surface area contributed by atoms with Gasteiger partial charge < -0.3 is 12.7 Å². The van der Waals surface area contributed by atoms with Crippen LogP contribution >= 0.6 is 0 Å². The van der Waals surface area contributed by atoms with Crippen LogP contribution < -0.4 is 103 Å². The zero-order valence-corrected chi connectivity index (χ0v) is 21.3. The molecular formula is C13H26K2O7S. The molecule has 1 unspecified atom stereocenters. The first-order chi connectivity index (χ1) is 9.79. The van der Waals surface area contributed by atoms with Gasteiger partial charge in [0.15, 0.2) is 5.25 Å². The fourth-order valence-electron chi connectivity index (χ4n) is 1.79. The number of carbonyl (C=O) groups excluding carboxylic acids is 1. The van der Waals surface area contributed by atoms with Crippen molar-refractivity contribution >= 4 is 22.1 Å². The van der Waals surface area contributed by atoms with Crippen LogP contribution in [0.3, 0.4) is 0 Å². The maximum absolute atomic E-state index is 11.5. The van der Waals surface area contributed by atoms with E-state index < -0.39 is 33.7 Å². The van der Waals surface area contributed by atoms with E-state index in [9.17, 15) is 18.0 Å². The predicted octanol–water partition coefficient (Wildman–Crippen LogP) is -3.76. The summed E-state index contributed by atoms with van der Waals surface area (Å²) in [6, 6.07) is 0. The van der Waals surface area contributed by atoms with Gasteiger partial charge in [-0.2, -0.15) is 8.42 Å². The van der Waals surface area contributed by atoms with Gasteiger partial charge in [0.2, 0.25) is 0 Å². The topological polar surface area (TPSA) is 118 Å². The molecule has 1 atom stereocenters. The number of hydrogen-bond donors (Lipinski definition) is 2. The quantitative estimate of drug-likeness (QED) is 0.148. The Morgan fingerprint density at radius 3 is 1.96 bits per heavy atom. The number of esters is 1. The summed E-state index contributed by atoms with van der Waals surface area (Å²) >= 11 is 0. The average molecular weight is 405 g/mol. The van der Waals surface area contributed by atoms with E-state index in [1.54, 1.807) is 0 Å². The molecule has 0 heterocycles. The predicted molar refractivity (Wildman–Crippen MR) is 78.8 cm³/mol. The second kappa shape index (κ2) is 17.5. The van der Waals surface area contributed by atoms with Gasteiger partial charge in [0.1, 0.15) is 0 Å². The fourth-order valence-corrected chi connectivity index (χ4v) is 2.46. The Morgan fingerprint density at radius 2 is 1.52 bits per heavy atom. The number of rotatable bonds is 12. The van der Waals surface area contributed by atoms with E-state index >= 15 is 0 Å². The Labute approximate surface area is 226 Å². The molecule has 0 spiro atoms. The molecule has 0 bridgehead atoms. The number of carbonyl (C=O) groups is 2. The number of unbranched alkanes of at least 4 members (excludes halogenated alkanes) is 6. The molecule has 0 aromatic carbocycles. The van der Waals surface area contributed by atoms with Crippen molar-refractivity contribution in [3.05, 3.63) is 0 Å². The molecule has 0 saturated carbocycles. The average Bonchev–Trinajstić information content (AvgIpc) is 2.37. The molecule has 0 aromatic rings. The molecule has 0 amide bonds. The van der Waals surface area contributed by atoms with Gasteiger partial charge in [0, 0.05) is 0 Å². The number of carboxylic acid groups (broad SMARTS) is 1. The van der Waals surface area contributed by atoms with Crippen molar-refractivity contribution < 1.29 is 138 Å². The van der Waals surface area contributed by atoms with Crippen LogP contribution in [0.4, 0.5) is 0 Å². The van der Waals surface area contributed by atoms with Gasteiger partial charge in [-0.15, -0.1) is 0 Å². The van der Waals surface area contributed by atoms with Gasteiger partial charge in [-0.3, -0.25) is 14.1 Å². The van der Waals surface area contributed by atoms with Crippen LogP contribution in [0.1, 0.15) is 61.1 Å². The van der Waals surface area contributed by atoms with Crippen molar-refractivity contribution in [2.75, 3.05) is 6.61 Å². The molecule has 0 aliphatic heterocycles. The molecule has 0 radical (unpaired) electrons. The van der Waals surface area contributed by atoms with Gasteiger partial charge in [-0.05, 0) is 6.42 Å². The fraction of sp³-hybridized carbons (Fsp3) is 0.846. The van der Waals surface area contributed by atoms with Crippen LogP contribution in [-0.4, -0.2) is 41.9 Å². The van der Waals surface area contributed by atoms with Crippen molar-refractivity contribution in [3.63, 3.8) is 0 Å². The minimum atomic E-state index is -4.77. The smallest absolute Gasteiger partial charge is 1.00 e. The summed E-state index contributed by atoms with van der Waals surface area (Å²) in [5.74, 6) is -2.71. The molecule has 0 rings (SSSR count). The van der Waals surface area contributed by atoms with Crippen LogP contribution in [0.25, 0.3) is 0 Å². The molecule has 0 aliphatic carbocycles. The van der Waals surface area contributed by atoms with Crippen molar-refractivity contribution in [3.8, 4) is 0 Å². The van der Waals surface area contributed by atoms with Crippen LogP contribution in [0.5, 0.6) is 0 Å². The minimum absolute atomic E-state index is 0. The van der Waals surface area contributed by atoms with Gasteiger partial charge in [0.05, 0.1) is 13.0 Å². The molecule has 2 N–H and O–H groups in total. The van der Waals surface area contributed by atoms with E-state index in [-0.39, 0.29) is 112 Å². The summed E-state index contributed by atoms with van der Waals surface area (Å²) in [5, 5.41) is 6.47. The Morgan fingerprint density at radius 1 is 1.04 bits per heavy atom. The Bertz CT molecular complexity index is 436. The maximum atomic E-state index is 11.5. The standard InChI is InChI=1S/C13H24O7S.2K.2H/c1-2-3-4-5-6-7-8-9-20-13(16)11(10-12(14)15)21(17,18)19;;;;/h11H,2-10H2,1H3,(H,14,15)(H,17,18,19);;;;/q;2*+1;2*-1. The molecular weight excluding hydrogens is 378 g/mol. The molecule has 0 aromatic heterocycles. The Hall–Kier alpha value is 2.12. The zero-order chi connectivity index (χ0) is 16.3. The van der Waals surface area contributed by atoms with Gasteiger partial charge in [-0.25, -0.2) is 0 Å². The third kappa shape index (κ3) is 17.3. The van der Waals surface area contributed by atoms with E-state index in [0.29, 0.717) is 6.42 Å². The monoisotopic (exact) mass is 404 g/mol. The van der Waals surface area contributed by atoms with E-state index in [0.717, 1.165) is 25.7 Å². The second-order valence-electron chi connectivity index (χ2n) is 4.89. The summed E-state index contributed by atoms with van der Waals surface area (Å²) < 4.78 is 35.4. The molecule has 23 heavy (non-hydrogen) atoms. The number of hydrogen-bond acceptors (Lipinski definition) is 5. The summed E-state index contributed by atoms with van der Waals surface area (Å²) in [6.45, 7) is 2.15. The molecule has 10 heteroatoms. The van der Waals surface area contributed by atoms with E-state index in [4.69, 9.17) is 14.4 Å². The summed E-state index contributed by atoms with van der Waals surface area (Å²) in [4.78, 5) is 22.0. The molecule has 0 saturated heterocycles. The largest absolute Gasteiger partial charge is 1.00 e. The maximum Gasteiger partial charge on any atom is 1.00 e. The Balaban J connectivity index is -0.000000333. The molecule has 0 fully saturated rings. The van der Waals surface area contributed by atoms with Crippen LogP contribution in [0, 0.1) is 0 Å². The molecule has 128 valence electrons. The first-order valence-electron chi connectivity index (χ1n) is 7.13. The van der Waals surface area contributed by atoms with Crippen molar-refractivity contribution in [2.45, 2.75) is 63.5 Å². The van der Waals surface area contributed by atoms with Crippen LogP contribution in [0.15, 0.2) is 0 Å². The third-order valence-corrected chi connectivity index (χ3v) is 4.05. The van der Waals surface area contributed by atoms with Crippen molar-refractivity contribution in [1.29, 1.82) is 0 Å². The zero-order valence-electron chi connectivity index (χ0n) is 16.3. The molecule has 7 nitrogen and oxygen atoms in total. The van der Waals surface area contributed by atoms with E-state index in [1.165, 1.54) is 12.8 Å². The van der Waals surface area contributed by atoms with Gasteiger partial charge >= 0.3 is 115 Å². The Kier molecular flexibility index (Phi) is 22.8. The van der Waals surface area contributed by atoms with E-state index in [1.807, 2.05) is 0 Å². The minimum Gasteiger partial charge on any atom is -1.00 e. The first-order valence-corrected chi connectivity index (χ1v) is 8.64. The number of carboxylic acids is 1. The second-order valence-corrected chi connectivity index (χ2v) is 6.49. The van der Waals surface area contributed by atoms with Crippen molar-refractivity contribution in [1.82, 2.24) is 0 Å². The summed E-state index contributed by atoms with van der Waals surface area (Å²) in [6.07, 6.45) is 6.07. The first kappa shape index (κ1) is 29.9. The van der Waals surface area contributed by atoms with Gasteiger partial charge in [0.25, 0.3) is 10.1 Å². The summed E-state index contributed by atoms with van der Waals surface area (Å²) in [5.41, 5.74) is 0. The van der Waals surface area contributed by atoms with Crippen LogP contribution in [-0.2, 0) is 24.4 Å². The van der Waals surface area contributed by atoms with Crippen LogP contribution in [0.2, 0.25) is 0 Å². The van der Waals surface area contributed by atoms with Crippen molar-refractivity contribution in [2.24, 2.45) is 0 Å².